The molecule has 0 fully saturated rings. The lowest BCUT2D eigenvalue weighted by Gasteiger charge is -2.02. The molecule has 22 heavy (non-hydrogen) atoms. The lowest BCUT2D eigenvalue weighted by Crippen LogP contribution is -2.07. The molecule has 0 bridgehead atoms. The van der Waals surface area contributed by atoms with E-state index in [1.165, 1.54) is 18.3 Å². The number of nitriles is 1. The third kappa shape index (κ3) is 3.77. The minimum atomic E-state index is -4.63. The van der Waals surface area contributed by atoms with Crippen LogP contribution in [0.15, 0.2) is 30.5 Å². The highest BCUT2D eigenvalue weighted by molar-refractivity contribution is 7.13. The number of benzene rings is 1. The molecular weight excluding hydrogens is 315 g/mol. The standard InChI is InChI=1S/C14H10F3N3OS/c1-21-10-4-2-9(3-5-10)19-7-6-12-20-13(14(15,16)17)11(8-18)22-12/h2-7,19H,1H3. The number of hydrogen-bond acceptors (Lipinski definition) is 5. The van der Waals surface area contributed by atoms with Gasteiger partial charge in [-0.05, 0) is 30.3 Å². The van der Waals surface area contributed by atoms with Crippen LogP contribution < -0.4 is 10.1 Å². The van der Waals surface area contributed by atoms with Crippen molar-refractivity contribution in [3.8, 4) is 11.8 Å². The van der Waals surface area contributed by atoms with Crippen molar-refractivity contribution < 1.29 is 17.9 Å². The van der Waals surface area contributed by atoms with Gasteiger partial charge in [0.1, 0.15) is 21.7 Å². The Kier molecular flexibility index (Phi) is 4.68. The molecule has 0 unspecified atom stereocenters. The molecule has 8 heteroatoms. The molecule has 0 saturated carbocycles. The summed E-state index contributed by atoms with van der Waals surface area (Å²) in [4.78, 5) is 2.99. The topological polar surface area (TPSA) is 57.9 Å². The molecule has 1 aromatic carbocycles. The molecular formula is C14H10F3N3OS. The van der Waals surface area contributed by atoms with Crippen LogP contribution in [0, 0.1) is 11.3 Å². The van der Waals surface area contributed by atoms with Crippen LogP contribution in [-0.4, -0.2) is 12.1 Å². The van der Waals surface area contributed by atoms with Crippen molar-refractivity contribution in [1.29, 1.82) is 5.26 Å². The Morgan fingerprint density at radius 1 is 1.32 bits per heavy atom. The van der Waals surface area contributed by atoms with E-state index in [2.05, 4.69) is 10.3 Å². The van der Waals surface area contributed by atoms with Crippen LogP contribution in [0.2, 0.25) is 0 Å². The van der Waals surface area contributed by atoms with E-state index in [-0.39, 0.29) is 5.01 Å². The summed E-state index contributed by atoms with van der Waals surface area (Å²) >= 11 is 0.689. The minimum absolute atomic E-state index is 0.102. The highest BCUT2D eigenvalue weighted by Gasteiger charge is 2.37. The number of aromatic nitrogens is 1. The molecule has 0 aliphatic carbocycles. The van der Waals surface area contributed by atoms with Crippen molar-refractivity contribution in [3.63, 3.8) is 0 Å². The monoisotopic (exact) mass is 325 g/mol. The van der Waals surface area contributed by atoms with Gasteiger partial charge in [0, 0.05) is 11.9 Å². The van der Waals surface area contributed by atoms with Gasteiger partial charge >= 0.3 is 6.18 Å². The first-order valence-corrected chi connectivity index (χ1v) is 6.81. The number of ether oxygens (including phenoxy) is 1. The number of hydrogen-bond donors (Lipinski definition) is 1. The molecule has 0 radical (unpaired) electrons. The first kappa shape index (κ1) is 15.9. The molecule has 0 saturated heterocycles. The summed E-state index contributed by atoms with van der Waals surface area (Å²) in [6.45, 7) is 0. The van der Waals surface area contributed by atoms with Gasteiger partial charge in [0.05, 0.1) is 7.11 Å². The van der Waals surface area contributed by atoms with Crippen molar-refractivity contribution >= 4 is 23.1 Å². The molecule has 2 rings (SSSR count). The summed E-state index contributed by atoms with van der Waals surface area (Å²) < 4.78 is 43.0. The second-order valence-electron chi connectivity index (χ2n) is 4.05. The molecule has 1 N–H and O–H groups in total. The smallest absolute Gasteiger partial charge is 0.435 e. The van der Waals surface area contributed by atoms with E-state index in [9.17, 15) is 13.2 Å². The summed E-state index contributed by atoms with van der Waals surface area (Å²) in [5.41, 5.74) is -0.408. The van der Waals surface area contributed by atoms with Gasteiger partial charge in [0.25, 0.3) is 0 Å². The largest absolute Gasteiger partial charge is 0.497 e. The fourth-order valence-corrected chi connectivity index (χ4v) is 2.36. The second-order valence-corrected chi connectivity index (χ2v) is 5.08. The van der Waals surface area contributed by atoms with Gasteiger partial charge in [-0.15, -0.1) is 11.3 Å². The highest BCUT2D eigenvalue weighted by atomic mass is 32.1. The third-order valence-corrected chi connectivity index (χ3v) is 3.50. The van der Waals surface area contributed by atoms with Crippen LogP contribution in [0.1, 0.15) is 15.6 Å². The Hall–Kier alpha value is -2.53. The van der Waals surface area contributed by atoms with Crippen LogP contribution in [0.4, 0.5) is 18.9 Å². The van der Waals surface area contributed by atoms with Crippen molar-refractivity contribution in [2.24, 2.45) is 0 Å². The third-order valence-electron chi connectivity index (χ3n) is 2.58. The zero-order valence-electron chi connectivity index (χ0n) is 11.3. The van der Waals surface area contributed by atoms with E-state index < -0.39 is 16.7 Å². The van der Waals surface area contributed by atoms with Gasteiger partial charge in [-0.1, -0.05) is 0 Å². The van der Waals surface area contributed by atoms with Gasteiger partial charge in [0.2, 0.25) is 0 Å². The van der Waals surface area contributed by atoms with Crippen LogP contribution in [0.3, 0.4) is 0 Å². The lowest BCUT2D eigenvalue weighted by atomic mass is 10.3. The highest BCUT2D eigenvalue weighted by Crippen LogP contribution is 2.34. The molecule has 114 valence electrons. The van der Waals surface area contributed by atoms with Gasteiger partial charge in [0.15, 0.2) is 5.69 Å². The Bertz CT molecular complexity index is 714. The Morgan fingerprint density at radius 2 is 2.00 bits per heavy atom. The maximum Gasteiger partial charge on any atom is 0.435 e. The molecule has 0 atom stereocenters. The van der Waals surface area contributed by atoms with E-state index in [0.29, 0.717) is 17.1 Å². The fourth-order valence-electron chi connectivity index (χ4n) is 1.57. The first-order valence-electron chi connectivity index (χ1n) is 5.99. The maximum atomic E-state index is 12.6. The zero-order chi connectivity index (χ0) is 16.2. The first-order chi connectivity index (χ1) is 10.4. The summed E-state index contributed by atoms with van der Waals surface area (Å²) in [6.07, 6.45) is -1.79. The number of anilines is 1. The van der Waals surface area contributed by atoms with E-state index >= 15 is 0 Å². The van der Waals surface area contributed by atoms with E-state index in [1.807, 2.05) is 0 Å². The maximum absolute atomic E-state index is 12.6. The normalized spacial score (nSPS) is 11.4. The van der Waals surface area contributed by atoms with E-state index in [0.717, 1.165) is 5.69 Å². The summed E-state index contributed by atoms with van der Waals surface area (Å²) in [5.74, 6) is 0.697. The predicted octanol–water partition coefficient (Wildman–Crippen LogP) is 4.12. The van der Waals surface area contributed by atoms with Crippen molar-refractivity contribution in [2.45, 2.75) is 6.18 Å². The van der Waals surface area contributed by atoms with Gasteiger partial charge in [-0.25, -0.2) is 4.98 Å². The molecule has 0 aliphatic rings. The quantitative estimate of drug-likeness (QED) is 0.918. The van der Waals surface area contributed by atoms with Crippen molar-refractivity contribution in [3.05, 3.63) is 46.0 Å². The number of halogens is 3. The van der Waals surface area contributed by atoms with Crippen LogP contribution >= 0.6 is 11.3 Å². The average molecular weight is 325 g/mol. The Labute approximate surface area is 128 Å². The molecule has 1 aromatic heterocycles. The van der Waals surface area contributed by atoms with Gasteiger partial charge in [-0.3, -0.25) is 0 Å². The number of methoxy groups -OCH3 is 1. The molecule has 4 nitrogen and oxygen atoms in total. The van der Waals surface area contributed by atoms with Gasteiger partial charge < -0.3 is 10.1 Å². The molecule has 0 amide bonds. The Balaban J connectivity index is 2.10. The van der Waals surface area contributed by atoms with Crippen LogP contribution in [0.5, 0.6) is 5.75 Å². The lowest BCUT2D eigenvalue weighted by molar-refractivity contribution is -0.140. The van der Waals surface area contributed by atoms with E-state index in [1.54, 1.807) is 31.4 Å². The van der Waals surface area contributed by atoms with Crippen LogP contribution in [-0.2, 0) is 6.18 Å². The van der Waals surface area contributed by atoms with E-state index in [4.69, 9.17) is 10.00 Å². The summed E-state index contributed by atoms with van der Waals surface area (Å²) in [6, 6.07) is 8.52. The summed E-state index contributed by atoms with van der Waals surface area (Å²) in [5, 5.41) is 11.7. The van der Waals surface area contributed by atoms with Crippen molar-refractivity contribution in [2.75, 3.05) is 12.4 Å². The number of rotatable bonds is 4. The number of thiazole rings is 1. The fraction of sp³-hybridized carbons (Fsp3) is 0.143. The Morgan fingerprint density at radius 3 is 2.50 bits per heavy atom. The van der Waals surface area contributed by atoms with Crippen molar-refractivity contribution in [1.82, 2.24) is 4.98 Å². The number of nitrogens with zero attached hydrogens (tertiary/aromatic N) is 2. The molecule has 1 heterocycles. The molecule has 0 spiro atoms. The van der Waals surface area contributed by atoms with Gasteiger partial charge in [-0.2, -0.15) is 18.4 Å². The molecule has 0 aliphatic heterocycles. The van der Waals surface area contributed by atoms with Crippen LogP contribution in [0.25, 0.3) is 6.08 Å². The number of nitrogens with one attached hydrogen (secondary N) is 1. The number of alkyl halides is 3. The molecule has 2 aromatic rings. The zero-order valence-corrected chi connectivity index (χ0v) is 12.1. The SMILES string of the molecule is COc1ccc(NC=Cc2nc(C(F)(F)F)c(C#N)s2)cc1. The minimum Gasteiger partial charge on any atom is -0.497 e. The predicted molar refractivity (Wildman–Crippen MR) is 77.5 cm³/mol. The summed E-state index contributed by atoms with van der Waals surface area (Å²) in [7, 11) is 1.55. The average Bonchev–Trinajstić information content (AvgIpc) is 2.91. The second kappa shape index (κ2) is 6.49.